The first-order valence-electron chi connectivity index (χ1n) is 7.13. The highest BCUT2D eigenvalue weighted by molar-refractivity contribution is 7.80. The van der Waals surface area contributed by atoms with E-state index in [1.165, 1.54) is 7.11 Å². The maximum atomic E-state index is 11.8. The minimum absolute atomic E-state index is 0.00181. The molecule has 0 heterocycles. The van der Waals surface area contributed by atoms with Crippen molar-refractivity contribution in [2.75, 3.05) is 13.7 Å². The number of nitrogens with one attached hydrogen (secondary N) is 1. The molecule has 1 aromatic rings. The Morgan fingerprint density at radius 1 is 1.30 bits per heavy atom. The van der Waals surface area contributed by atoms with Crippen LogP contribution in [0.15, 0.2) is 30.3 Å². The molecule has 1 amide bonds. The van der Waals surface area contributed by atoms with E-state index in [0.29, 0.717) is 19.5 Å². The van der Waals surface area contributed by atoms with Gasteiger partial charge in [-0.3, -0.25) is 9.59 Å². The van der Waals surface area contributed by atoms with Crippen molar-refractivity contribution in [1.29, 1.82) is 5.26 Å². The lowest BCUT2D eigenvalue weighted by Crippen LogP contribution is -2.42. The number of carbonyl (C=O) groups excluding carboxylic acids is 2. The predicted molar refractivity (Wildman–Crippen MR) is 89.1 cm³/mol. The van der Waals surface area contributed by atoms with Gasteiger partial charge in [-0.2, -0.15) is 5.26 Å². The summed E-state index contributed by atoms with van der Waals surface area (Å²) < 4.78 is 4.49. The lowest BCUT2D eigenvalue weighted by Gasteiger charge is -2.24. The number of benzene rings is 1. The molecule has 0 saturated heterocycles. The van der Waals surface area contributed by atoms with Crippen molar-refractivity contribution in [1.82, 2.24) is 10.2 Å². The molecule has 0 atom stereocenters. The Hall–Kier alpha value is -2.46. The predicted octanol–water partition coefficient (Wildman–Crippen LogP) is 1.76. The van der Waals surface area contributed by atoms with Gasteiger partial charge in [-0.05, 0) is 17.8 Å². The van der Waals surface area contributed by atoms with E-state index in [1.807, 2.05) is 30.3 Å². The van der Waals surface area contributed by atoms with E-state index in [-0.39, 0.29) is 23.9 Å². The largest absolute Gasteiger partial charge is 0.469 e. The van der Waals surface area contributed by atoms with Crippen LogP contribution in [0.5, 0.6) is 0 Å². The molecule has 0 aliphatic rings. The van der Waals surface area contributed by atoms with E-state index in [1.54, 1.807) is 4.90 Å². The maximum absolute atomic E-state index is 11.8. The number of esters is 1. The summed E-state index contributed by atoms with van der Waals surface area (Å²) in [5.74, 6) is -0.799. The van der Waals surface area contributed by atoms with E-state index < -0.39 is 5.97 Å². The van der Waals surface area contributed by atoms with E-state index >= 15 is 0 Å². The van der Waals surface area contributed by atoms with Crippen LogP contribution in [0, 0.1) is 11.3 Å². The summed E-state index contributed by atoms with van der Waals surface area (Å²) in [5, 5.41) is 11.6. The Kier molecular flexibility index (Phi) is 8.32. The van der Waals surface area contributed by atoms with Gasteiger partial charge >= 0.3 is 5.97 Å². The molecule has 0 radical (unpaired) electrons. The van der Waals surface area contributed by atoms with E-state index in [2.05, 4.69) is 16.1 Å². The number of nitriles is 1. The first-order chi connectivity index (χ1) is 11.1. The SMILES string of the molecule is COC(=O)CCC(=O)NC(=S)N(CCC#N)Cc1ccccc1. The lowest BCUT2D eigenvalue weighted by atomic mass is 10.2. The fraction of sp³-hybridized carbons (Fsp3) is 0.375. The Morgan fingerprint density at radius 3 is 2.61 bits per heavy atom. The second-order valence-electron chi connectivity index (χ2n) is 4.74. The van der Waals surface area contributed by atoms with Gasteiger partial charge in [-0.15, -0.1) is 0 Å². The molecule has 0 fully saturated rings. The van der Waals surface area contributed by atoms with Gasteiger partial charge in [0.05, 0.1) is 26.0 Å². The van der Waals surface area contributed by atoms with Crippen molar-refractivity contribution in [3.05, 3.63) is 35.9 Å². The molecule has 0 aromatic heterocycles. The monoisotopic (exact) mass is 333 g/mol. The van der Waals surface area contributed by atoms with Crippen molar-refractivity contribution in [2.24, 2.45) is 0 Å². The lowest BCUT2D eigenvalue weighted by molar-refractivity contribution is -0.142. The molecular formula is C16H19N3O3S. The van der Waals surface area contributed by atoms with Crippen LogP contribution in [0.2, 0.25) is 0 Å². The molecule has 0 aliphatic carbocycles. The van der Waals surface area contributed by atoms with Crippen LogP contribution in [0.3, 0.4) is 0 Å². The van der Waals surface area contributed by atoms with Crippen molar-refractivity contribution >= 4 is 29.2 Å². The highest BCUT2D eigenvalue weighted by atomic mass is 32.1. The number of hydrogen-bond acceptors (Lipinski definition) is 5. The third kappa shape index (κ3) is 7.38. The number of nitrogens with zero attached hydrogens (tertiary/aromatic N) is 2. The Balaban J connectivity index is 2.59. The number of amides is 1. The molecule has 1 N–H and O–H groups in total. The van der Waals surface area contributed by atoms with Gasteiger partial charge in [0, 0.05) is 19.5 Å². The van der Waals surface area contributed by atoms with Crippen LogP contribution in [-0.4, -0.2) is 35.5 Å². The van der Waals surface area contributed by atoms with Crippen LogP contribution < -0.4 is 5.32 Å². The van der Waals surface area contributed by atoms with Gasteiger partial charge in [0.2, 0.25) is 5.91 Å². The maximum Gasteiger partial charge on any atom is 0.306 e. The van der Waals surface area contributed by atoms with Crippen molar-refractivity contribution in [2.45, 2.75) is 25.8 Å². The average molecular weight is 333 g/mol. The number of thiocarbonyl (C=S) groups is 1. The van der Waals surface area contributed by atoms with Crippen LogP contribution in [0.25, 0.3) is 0 Å². The Bertz CT molecular complexity index is 584. The van der Waals surface area contributed by atoms with Gasteiger partial charge in [0.15, 0.2) is 5.11 Å². The second-order valence-corrected chi connectivity index (χ2v) is 5.13. The number of ether oxygens (including phenoxy) is 1. The van der Waals surface area contributed by atoms with E-state index in [0.717, 1.165) is 5.56 Å². The van der Waals surface area contributed by atoms with Crippen LogP contribution in [-0.2, 0) is 20.9 Å². The van der Waals surface area contributed by atoms with Crippen molar-refractivity contribution in [3.8, 4) is 6.07 Å². The highest BCUT2D eigenvalue weighted by Crippen LogP contribution is 2.06. The molecule has 7 heteroatoms. The highest BCUT2D eigenvalue weighted by Gasteiger charge is 2.14. The first kappa shape index (κ1) is 18.6. The first-order valence-corrected chi connectivity index (χ1v) is 7.54. The summed E-state index contributed by atoms with van der Waals surface area (Å²) >= 11 is 5.24. The summed E-state index contributed by atoms with van der Waals surface area (Å²) in [5.41, 5.74) is 1.02. The fourth-order valence-electron chi connectivity index (χ4n) is 1.82. The van der Waals surface area contributed by atoms with Crippen LogP contribution in [0.4, 0.5) is 0 Å². The number of carbonyl (C=O) groups is 2. The van der Waals surface area contributed by atoms with Gasteiger partial charge in [-0.1, -0.05) is 30.3 Å². The third-order valence-electron chi connectivity index (χ3n) is 3.03. The molecular weight excluding hydrogens is 314 g/mol. The Labute approximate surface area is 141 Å². The topological polar surface area (TPSA) is 82.4 Å². The summed E-state index contributed by atoms with van der Waals surface area (Å²) in [4.78, 5) is 24.6. The quantitative estimate of drug-likeness (QED) is 0.605. The second kappa shape index (κ2) is 10.3. The normalized spacial score (nSPS) is 9.57. The zero-order valence-electron chi connectivity index (χ0n) is 12.9. The summed E-state index contributed by atoms with van der Waals surface area (Å²) in [6.07, 6.45) is 0.303. The van der Waals surface area contributed by atoms with Gasteiger partial charge in [-0.25, -0.2) is 0 Å². The number of rotatable bonds is 7. The van der Waals surface area contributed by atoms with E-state index in [9.17, 15) is 9.59 Å². The zero-order chi connectivity index (χ0) is 17.1. The molecule has 0 bridgehead atoms. The number of hydrogen-bond donors (Lipinski definition) is 1. The molecule has 0 spiro atoms. The molecule has 0 unspecified atom stereocenters. The van der Waals surface area contributed by atoms with Gasteiger partial charge in [0.25, 0.3) is 0 Å². The molecule has 23 heavy (non-hydrogen) atoms. The molecule has 122 valence electrons. The molecule has 0 saturated carbocycles. The molecule has 0 aliphatic heterocycles. The molecule has 1 rings (SSSR count). The summed E-state index contributed by atoms with van der Waals surface area (Å²) in [6, 6.07) is 11.7. The third-order valence-corrected chi connectivity index (χ3v) is 3.39. The summed E-state index contributed by atoms with van der Waals surface area (Å²) in [7, 11) is 1.27. The van der Waals surface area contributed by atoms with Gasteiger partial charge < -0.3 is 15.0 Å². The van der Waals surface area contributed by atoms with E-state index in [4.69, 9.17) is 17.5 Å². The molecule has 1 aromatic carbocycles. The molecule has 6 nitrogen and oxygen atoms in total. The fourth-order valence-corrected chi connectivity index (χ4v) is 2.09. The van der Waals surface area contributed by atoms with Crippen LogP contribution >= 0.6 is 12.2 Å². The van der Waals surface area contributed by atoms with Crippen molar-refractivity contribution < 1.29 is 14.3 Å². The average Bonchev–Trinajstić information content (AvgIpc) is 2.57. The standard InChI is InChI=1S/C16H19N3O3S/c1-22-15(21)9-8-14(20)18-16(23)19(11-5-10-17)12-13-6-3-2-4-7-13/h2-4,6-7H,5,8-9,11-12H2,1H3,(H,18,20,23). The minimum Gasteiger partial charge on any atom is -0.469 e. The number of methoxy groups -OCH3 is 1. The smallest absolute Gasteiger partial charge is 0.306 e. The summed E-state index contributed by atoms with van der Waals surface area (Å²) in [6.45, 7) is 0.917. The minimum atomic E-state index is -0.448. The zero-order valence-corrected chi connectivity index (χ0v) is 13.8. The van der Waals surface area contributed by atoms with Crippen LogP contribution in [0.1, 0.15) is 24.8 Å². The van der Waals surface area contributed by atoms with Gasteiger partial charge in [0.1, 0.15) is 0 Å². The van der Waals surface area contributed by atoms with Crippen molar-refractivity contribution in [3.63, 3.8) is 0 Å². The Morgan fingerprint density at radius 2 is 2.00 bits per heavy atom.